The summed E-state index contributed by atoms with van der Waals surface area (Å²) in [5.74, 6) is 0. The highest BCUT2D eigenvalue weighted by Gasteiger charge is 2.20. The van der Waals surface area contributed by atoms with Crippen molar-refractivity contribution in [3.63, 3.8) is 0 Å². The molecular weight excluding hydrogens is 212 g/mol. The Bertz CT molecular complexity index is 366. The highest BCUT2D eigenvalue weighted by Crippen LogP contribution is 2.21. The fourth-order valence-corrected chi connectivity index (χ4v) is 2.48. The van der Waals surface area contributed by atoms with Gasteiger partial charge in [-0.3, -0.25) is 4.98 Å². The van der Waals surface area contributed by atoms with Crippen LogP contribution >= 0.6 is 0 Å². The van der Waals surface area contributed by atoms with Gasteiger partial charge in [-0.1, -0.05) is 0 Å². The normalized spacial score (nSPS) is 22.3. The van der Waals surface area contributed by atoms with E-state index in [9.17, 15) is 0 Å². The summed E-state index contributed by atoms with van der Waals surface area (Å²) >= 11 is 0. The highest BCUT2D eigenvalue weighted by molar-refractivity contribution is 5.56. The highest BCUT2D eigenvalue weighted by atomic mass is 15.2. The van der Waals surface area contributed by atoms with E-state index >= 15 is 0 Å². The van der Waals surface area contributed by atoms with Gasteiger partial charge in [-0.05, 0) is 33.0 Å². The first kappa shape index (κ1) is 12.2. The molecule has 4 heteroatoms. The predicted octanol–water partition coefficient (Wildman–Crippen LogP) is 1.65. The molecule has 0 spiro atoms. The second-order valence-corrected chi connectivity index (χ2v) is 4.84. The Balaban J connectivity index is 2.19. The molecule has 1 aliphatic heterocycles. The van der Waals surface area contributed by atoms with Gasteiger partial charge in [0.2, 0.25) is 0 Å². The minimum Gasteiger partial charge on any atom is -0.387 e. The van der Waals surface area contributed by atoms with E-state index in [4.69, 9.17) is 0 Å². The average Bonchev–Trinajstić information content (AvgIpc) is 2.50. The van der Waals surface area contributed by atoms with Crippen LogP contribution in [-0.2, 0) is 0 Å². The van der Waals surface area contributed by atoms with E-state index in [-0.39, 0.29) is 0 Å². The molecule has 0 aliphatic carbocycles. The Labute approximate surface area is 104 Å². The second-order valence-electron chi connectivity index (χ2n) is 4.84. The first-order valence-corrected chi connectivity index (χ1v) is 6.28. The summed E-state index contributed by atoms with van der Waals surface area (Å²) in [4.78, 5) is 9.16. The molecule has 2 rings (SSSR count). The van der Waals surface area contributed by atoms with Gasteiger partial charge in [0.1, 0.15) is 0 Å². The molecule has 0 bridgehead atoms. The molecule has 4 nitrogen and oxygen atoms in total. The minimum atomic E-state index is 0.538. The first-order valence-electron chi connectivity index (χ1n) is 6.28. The molecule has 1 saturated heterocycles. The van der Waals surface area contributed by atoms with E-state index in [1.54, 1.807) is 0 Å². The van der Waals surface area contributed by atoms with Crippen LogP contribution in [0.3, 0.4) is 0 Å². The molecule has 17 heavy (non-hydrogen) atoms. The molecule has 1 N–H and O–H groups in total. The van der Waals surface area contributed by atoms with Crippen molar-refractivity contribution < 1.29 is 0 Å². The first-order chi connectivity index (χ1) is 8.20. The number of nitrogens with one attached hydrogen (secondary N) is 1. The third kappa shape index (κ3) is 2.88. The number of pyridine rings is 1. The lowest BCUT2D eigenvalue weighted by Gasteiger charge is -2.30. The summed E-state index contributed by atoms with van der Waals surface area (Å²) in [5, 5.41) is 3.15. The fourth-order valence-electron chi connectivity index (χ4n) is 2.48. The average molecular weight is 234 g/mol. The lowest BCUT2D eigenvalue weighted by atomic mass is 10.2. The zero-order valence-electron chi connectivity index (χ0n) is 11.0. The van der Waals surface area contributed by atoms with E-state index in [1.807, 2.05) is 19.4 Å². The van der Waals surface area contributed by atoms with Gasteiger partial charge >= 0.3 is 0 Å². The zero-order valence-corrected chi connectivity index (χ0v) is 11.0. The van der Waals surface area contributed by atoms with E-state index in [2.05, 4.69) is 40.1 Å². The van der Waals surface area contributed by atoms with Gasteiger partial charge in [-0.25, -0.2) is 0 Å². The summed E-state index contributed by atoms with van der Waals surface area (Å²) in [6.45, 7) is 5.69. The third-order valence-corrected chi connectivity index (χ3v) is 3.39. The Morgan fingerprint density at radius 2 is 2.18 bits per heavy atom. The molecule has 1 aliphatic rings. The smallest absolute Gasteiger partial charge is 0.0576 e. The van der Waals surface area contributed by atoms with Crippen molar-refractivity contribution in [2.75, 3.05) is 43.9 Å². The van der Waals surface area contributed by atoms with E-state index in [1.165, 1.54) is 18.7 Å². The summed E-state index contributed by atoms with van der Waals surface area (Å²) in [5.41, 5.74) is 2.30. The second kappa shape index (κ2) is 5.36. The Morgan fingerprint density at radius 1 is 1.35 bits per heavy atom. The van der Waals surface area contributed by atoms with Crippen molar-refractivity contribution in [3.8, 4) is 0 Å². The third-order valence-electron chi connectivity index (χ3n) is 3.39. The monoisotopic (exact) mass is 234 g/mol. The van der Waals surface area contributed by atoms with Crippen LogP contribution in [0.5, 0.6) is 0 Å². The maximum atomic E-state index is 4.30. The zero-order chi connectivity index (χ0) is 12.3. The number of rotatable bonds is 2. The predicted molar refractivity (Wildman–Crippen MR) is 72.7 cm³/mol. The Kier molecular flexibility index (Phi) is 3.84. The van der Waals surface area contributed by atoms with Crippen LogP contribution in [0.4, 0.5) is 11.4 Å². The molecule has 1 unspecified atom stereocenters. The topological polar surface area (TPSA) is 31.4 Å². The van der Waals surface area contributed by atoms with Gasteiger partial charge in [0.25, 0.3) is 0 Å². The van der Waals surface area contributed by atoms with Crippen LogP contribution in [-0.4, -0.2) is 49.7 Å². The maximum Gasteiger partial charge on any atom is 0.0576 e. The van der Waals surface area contributed by atoms with Crippen molar-refractivity contribution >= 4 is 11.4 Å². The van der Waals surface area contributed by atoms with Gasteiger partial charge in [0, 0.05) is 26.2 Å². The number of hydrogen-bond donors (Lipinski definition) is 1. The van der Waals surface area contributed by atoms with Crippen molar-refractivity contribution in [2.24, 2.45) is 0 Å². The van der Waals surface area contributed by atoms with E-state index in [0.717, 1.165) is 18.8 Å². The molecule has 1 fully saturated rings. The van der Waals surface area contributed by atoms with Crippen molar-refractivity contribution in [1.82, 2.24) is 9.88 Å². The lowest BCUT2D eigenvalue weighted by Crippen LogP contribution is -2.38. The lowest BCUT2D eigenvalue weighted by molar-refractivity contribution is 0.337. The number of hydrogen-bond acceptors (Lipinski definition) is 4. The van der Waals surface area contributed by atoms with E-state index < -0.39 is 0 Å². The van der Waals surface area contributed by atoms with Gasteiger partial charge in [-0.2, -0.15) is 0 Å². The Morgan fingerprint density at radius 3 is 2.94 bits per heavy atom. The number of likely N-dealkylation sites (N-methyl/N-ethyl adjacent to an activating group) is 1. The van der Waals surface area contributed by atoms with Crippen LogP contribution < -0.4 is 10.2 Å². The van der Waals surface area contributed by atoms with Gasteiger partial charge in [0.15, 0.2) is 0 Å². The summed E-state index contributed by atoms with van der Waals surface area (Å²) in [6, 6.07) is 2.71. The fraction of sp³-hybridized carbons (Fsp3) is 0.615. The van der Waals surface area contributed by atoms with Gasteiger partial charge in [0.05, 0.1) is 23.8 Å². The summed E-state index contributed by atoms with van der Waals surface area (Å²) in [6.07, 6.45) is 5.03. The molecule has 0 amide bonds. The molecule has 0 aromatic carbocycles. The summed E-state index contributed by atoms with van der Waals surface area (Å²) < 4.78 is 0. The molecular formula is C13H22N4. The SMILES string of the molecule is CNc1cncc(N2CCCN(C)CC2C)c1. The number of nitrogens with zero attached hydrogens (tertiary/aromatic N) is 3. The quantitative estimate of drug-likeness (QED) is 0.843. The van der Waals surface area contributed by atoms with E-state index in [0.29, 0.717) is 6.04 Å². The molecule has 2 heterocycles. The molecule has 1 aromatic rings. The van der Waals surface area contributed by atoms with Crippen molar-refractivity contribution in [1.29, 1.82) is 0 Å². The molecule has 94 valence electrons. The molecule has 0 radical (unpaired) electrons. The molecule has 1 atom stereocenters. The van der Waals surface area contributed by atoms with Crippen molar-refractivity contribution in [3.05, 3.63) is 18.5 Å². The largest absolute Gasteiger partial charge is 0.387 e. The van der Waals surface area contributed by atoms with Crippen LogP contribution in [0.2, 0.25) is 0 Å². The van der Waals surface area contributed by atoms with Gasteiger partial charge in [-0.15, -0.1) is 0 Å². The van der Waals surface area contributed by atoms with Crippen LogP contribution in [0.15, 0.2) is 18.5 Å². The van der Waals surface area contributed by atoms with Gasteiger partial charge < -0.3 is 15.1 Å². The Hall–Kier alpha value is -1.29. The standard InChI is InChI=1S/C13H22N4/c1-11-10-16(3)5-4-6-17(11)13-7-12(14-2)8-15-9-13/h7-9,11,14H,4-6,10H2,1-3H3. The van der Waals surface area contributed by atoms with Crippen molar-refractivity contribution in [2.45, 2.75) is 19.4 Å². The number of anilines is 2. The summed E-state index contributed by atoms with van der Waals surface area (Å²) in [7, 11) is 4.13. The molecule has 0 saturated carbocycles. The van der Waals surface area contributed by atoms with Crippen LogP contribution in [0.1, 0.15) is 13.3 Å². The van der Waals surface area contributed by atoms with Crippen LogP contribution in [0, 0.1) is 0 Å². The number of aromatic nitrogens is 1. The molecule has 1 aromatic heterocycles. The maximum absolute atomic E-state index is 4.30. The van der Waals surface area contributed by atoms with Crippen LogP contribution in [0.25, 0.3) is 0 Å². The minimum absolute atomic E-state index is 0.538.